The molecule has 0 amide bonds. The standard InChI is InChI=1S/C32H50O4/c1-20(33)36-25-12-13-29(5)23-10-9-21-22-19-27(2,3)15-16-28(22,4)17-18-30(21,6)31(23,7)14-11-24(29)32(25,8)26(34)35/h9,22-25H,10-19H2,1-8H3,(H,34,35)/t22-,23-,24+,25+,28-,29+,30+,31-,32-/m1/s1. The Kier molecular flexibility index (Phi) is 5.74. The van der Waals surface area contributed by atoms with Gasteiger partial charge in [-0.2, -0.15) is 0 Å². The zero-order valence-corrected chi connectivity index (χ0v) is 24.1. The lowest BCUT2D eigenvalue weighted by Gasteiger charge is -2.71. The predicted molar refractivity (Wildman–Crippen MR) is 142 cm³/mol. The topological polar surface area (TPSA) is 63.6 Å². The number of rotatable bonds is 2. The second-order valence-corrected chi connectivity index (χ2v) is 15.6. The first-order valence-corrected chi connectivity index (χ1v) is 14.6. The summed E-state index contributed by atoms with van der Waals surface area (Å²) in [5.41, 5.74) is 1.81. The Labute approximate surface area is 219 Å². The summed E-state index contributed by atoms with van der Waals surface area (Å²) in [5.74, 6) is -0.0260. The van der Waals surface area contributed by atoms with Crippen LogP contribution in [0.5, 0.6) is 0 Å². The zero-order valence-electron chi connectivity index (χ0n) is 24.1. The molecular formula is C32H50O4. The van der Waals surface area contributed by atoms with Gasteiger partial charge in [0.1, 0.15) is 11.5 Å². The molecule has 0 aliphatic heterocycles. The van der Waals surface area contributed by atoms with E-state index in [1.807, 2.05) is 6.92 Å². The van der Waals surface area contributed by atoms with Gasteiger partial charge in [-0.05, 0) is 116 Å². The number of fused-ring (bicyclic) bond motifs is 7. The van der Waals surface area contributed by atoms with Crippen molar-refractivity contribution in [1.29, 1.82) is 0 Å². The van der Waals surface area contributed by atoms with Crippen LogP contribution in [-0.4, -0.2) is 23.1 Å². The van der Waals surface area contributed by atoms with Gasteiger partial charge in [0.05, 0.1) is 0 Å². The molecule has 4 fully saturated rings. The van der Waals surface area contributed by atoms with Gasteiger partial charge in [-0.15, -0.1) is 0 Å². The van der Waals surface area contributed by atoms with Crippen LogP contribution in [0.4, 0.5) is 0 Å². The maximum absolute atomic E-state index is 12.8. The summed E-state index contributed by atoms with van der Waals surface area (Å²) in [6, 6.07) is 0. The van der Waals surface area contributed by atoms with E-state index in [0.717, 1.165) is 25.7 Å². The Morgan fingerprint density at radius 1 is 0.889 bits per heavy atom. The molecule has 0 saturated heterocycles. The summed E-state index contributed by atoms with van der Waals surface area (Å²) in [6.07, 6.45) is 13.3. The van der Waals surface area contributed by atoms with E-state index in [4.69, 9.17) is 4.74 Å². The summed E-state index contributed by atoms with van der Waals surface area (Å²) >= 11 is 0. The molecule has 5 rings (SSSR count). The monoisotopic (exact) mass is 498 g/mol. The summed E-state index contributed by atoms with van der Waals surface area (Å²) in [5, 5.41) is 10.5. The number of hydrogen-bond acceptors (Lipinski definition) is 3. The van der Waals surface area contributed by atoms with Crippen molar-refractivity contribution in [3.8, 4) is 0 Å². The highest BCUT2D eigenvalue weighted by atomic mass is 16.5. The van der Waals surface area contributed by atoms with Crippen LogP contribution in [0.25, 0.3) is 0 Å². The Hall–Kier alpha value is -1.32. The quantitative estimate of drug-likeness (QED) is 0.311. The molecule has 5 aliphatic carbocycles. The fourth-order valence-corrected chi connectivity index (χ4v) is 10.9. The molecule has 4 heteroatoms. The number of aliphatic carboxylic acids is 1. The van der Waals surface area contributed by atoms with Crippen molar-refractivity contribution < 1.29 is 19.4 Å². The average molecular weight is 499 g/mol. The number of esters is 1. The number of carbonyl (C=O) groups excluding carboxylic acids is 1. The predicted octanol–water partition coefficient (Wildman–Crippen LogP) is 7.80. The largest absolute Gasteiger partial charge is 0.481 e. The normalized spacial score (nSPS) is 51.5. The van der Waals surface area contributed by atoms with E-state index in [9.17, 15) is 14.7 Å². The van der Waals surface area contributed by atoms with Crippen LogP contribution in [0.3, 0.4) is 0 Å². The van der Waals surface area contributed by atoms with E-state index in [1.54, 1.807) is 5.57 Å². The smallest absolute Gasteiger partial charge is 0.313 e. The van der Waals surface area contributed by atoms with E-state index >= 15 is 0 Å². The first kappa shape index (κ1) is 26.3. The molecule has 202 valence electrons. The van der Waals surface area contributed by atoms with E-state index in [-0.39, 0.29) is 28.1 Å². The Morgan fingerprint density at radius 2 is 1.56 bits per heavy atom. The maximum atomic E-state index is 12.8. The number of hydrogen-bond donors (Lipinski definition) is 1. The van der Waals surface area contributed by atoms with Crippen LogP contribution in [-0.2, 0) is 14.3 Å². The van der Waals surface area contributed by atoms with E-state index in [2.05, 4.69) is 47.6 Å². The first-order valence-electron chi connectivity index (χ1n) is 14.6. The molecular weight excluding hydrogens is 448 g/mol. The number of carbonyl (C=O) groups is 2. The number of ether oxygens (including phenoxy) is 1. The third-order valence-electron chi connectivity index (χ3n) is 13.4. The van der Waals surface area contributed by atoms with Crippen LogP contribution in [0.2, 0.25) is 0 Å². The fourth-order valence-electron chi connectivity index (χ4n) is 10.9. The second kappa shape index (κ2) is 7.85. The molecule has 36 heavy (non-hydrogen) atoms. The van der Waals surface area contributed by atoms with Crippen molar-refractivity contribution in [2.75, 3.05) is 0 Å². The lowest BCUT2D eigenvalue weighted by Crippen LogP contribution is -2.66. The molecule has 1 N–H and O–H groups in total. The van der Waals surface area contributed by atoms with Gasteiger partial charge >= 0.3 is 11.9 Å². The van der Waals surface area contributed by atoms with Crippen LogP contribution >= 0.6 is 0 Å². The van der Waals surface area contributed by atoms with Gasteiger partial charge in [-0.3, -0.25) is 9.59 Å². The van der Waals surface area contributed by atoms with Crippen molar-refractivity contribution in [3.05, 3.63) is 11.6 Å². The number of carboxylic acids is 1. The Bertz CT molecular complexity index is 996. The minimum Gasteiger partial charge on any atom is -0.481 e. The third-order valence-corrected chi connectivity index (χ3v) is 13.4. The minimum atomic E-state index is -1.04. The lowest BCUT2D eigenvalue weighted by atomic mass is 9.33. The van der Waals surface area contributed by atoms with Crippen molar-refractivity contribution in [2.24, 2.45) is 50.2 Å². The van der Waals surface area contributed by atoms with Gasteiger partial charge in [-0.25, -0.2) is 0 Å². The number of carboxylic acid groups (broad SMARTS) is 1. The van der Waals surface area contributed by atoms with Crippen molar-refractivity contribution in [3.63, 3.8) is 0 Å². The summed E-state index contributed by atoms with van der Waals surface area (Å²) in [6.45, 7) is 18.3. The van der Waals surface area contributed by atoms with Gasteiger partial charge < -0.3 is 9.84 Å². The van der Waals surface area contributed by atoms with E-state index in [0.29, 0.717) is 29.1 Å². The number of allylic oxidation sites excluding steroid dienone is 2. The molecule has 0 aromatic rings. The highest BCUT2D eigenvalue weighted by molar-refractivity contribution is 5.77. The first-order chi connectivity index (χ1) is 16.5. The van der Waals surface area contributed by atoms with Crippen LogP contribution in [0.1, 0.15) is 120 Å². The van der Waals surface area contributed by atoms with Gasteiger partial charge in [0.15, 0.2) is 0 Å². The molecule has 4 saturated carbocycles. The van der Waals surface area contributed by atoms with Gasteiger partial charge in [0, 0.05) is 6.92 Å². The second-order valence-electron chi connectivity index (χ2n) is 15.6. The highest BCUT2D eigenvalue weighted by Crippen LogP contribution is 2.75. The highest BCUT2D eigenvalue weighted by Gasteiger charge is 2.70. The summed E-state index contributed by atoms with van der Waals surface area (Å²) in [7, 11) is 0. The molecule has 0 aromatic carbocycles. The molecule has 0 aromatic heterocycles. The lowest BCUT2D eigenvalue weighted by molar-refractivity contribution is -0.222. The van der Waals surface area contributed by atoms with Crippen molar-refractivity contribution in [1.82, 2.24) is 0 Å². The Balaban J connectivity index is 1.56. The SMILES string of the molecule is CC(=O)O[C@H]1CC[C@@]2(C)[C@H]3CC=C4[C@H]5CC(C)(C)CC[C@]5(C)CC[C@]4(C)[C@]3(C)CC[C@@H]2[C@@]1(C)C(=O)O. The molecule has 0 spiro atoms. The van der Waals surface area contributed by atoms with Crippen LogP contribution in [0, 0.1) is 50.2 Å². The van der Waals surface area contributed by atoms with Crippen LogP contribution in [0.15, 0.2) is 11.6 Å². The summed E-state index contributed by atoms with van der Waals surface area (Å²) < 4.78 is 5.69. The molecule has 0 heterocycles. The van der Waals surface area contributed by atoms with E-state index in [1.165, 1.54) is 39.0 Å². The van der Waals surface area contributed by atoms with Gasteiger partial charge in [-0.1, -0.05) is 53.2 Å². The Morgan fingerprint density at radius 3 is 2.19 bits per heavy atom. The van der Waals surface area contributed by atoms with Crippen molar-refractivity contribution in [2.45, 2.75) is 126 Å². The molecule has 9 atom stereocenters. The van der Waals surface area contributed by atoms with E-state index < -0.39 is 17.5 Å². The summed E-state index contributed by atoms with van der Waals surface area (Å²) in [4.78, 5) is 24.8. The molecule has 0 bridgehead atoms. The maximum Gasteiger partial charge on any atom is 0.313 e. The van der Waals surface area contributed by atoms with Gasteiger partial charge in [0.25, 0.3) is 0 Å². The molecule has 5 aliphatic rings. The van der Waals surface area contributed by atoms with Crippen LogP contribution < -0.4 is 0 Å². The third kappa shape index (κ3) is 3.30. The average Bonchev–Trinajstić information content (AvgIpc) is 2.77. The fraction of sp³-hybridized carbons (Fsp3) is 0.875. The van der Waals surface area contributed by atoms with Crippen molar-refractivity contribution >= 4 is 11.9 Å². The minimum absolute atomic E-state index is 0.0136. The molecule has 4 nitrogen and oxygen atoms in total. The zero-order chi connectivity index (χ0) is 26.5. The van der Waals surface area contributed by atoms with Gasteiger partial charge in [0.2, 0.25) is 0 Å². The molecule has 0 unspecified atom stereocenters. The molecule has 0 radical (unpaired) electrons.